The van der Waals surface area contributed by atoms with E-state index in [1.165, 1.54) is 6.92 Å². The molecule has 6 nitrogen and oxygen atoms in total. The largest absolute Gasteiger partial charge is 0.351 e. The molecule has 9 heteroatoms. The first kappa shape index (κ1) is 25.3. The Bertz CT molecular complexity index is 1490. The van der Waals surface area contributed by atoms with Crippen LogP contribution in [0.25, 0.3) is 5.69 Å². The number of aromatic nitrogens is 2. The molecule has 0 unspecified atom stereocenters. The number of halogens is 2. The Hall–Kier alpha value is -3.39. The number of rotatable bonds is 5. The molecule has 37 heavy (non-hydrogen) atoms. The lowest BCUT2D eigenvalue weighted by Crippen LogP contribution is -2.29. The van der Waals surface area contributed by atoms with Crippen molar-refractivity contribution in [3.8, 4) is 5.69 Å². The summed E-state index contributed by atoms with van der Waals surface area (Å²) < 4.78 is 2.14. The number of aryl methyl sites for hydroxylation is 1. The van der Waals surface area contributed by atoms with Gasteiger partial charge in [-0.05, 0) is 92.3 Å². The molecule has 0 radical (unpaired) electrons. The van der Waals surface area contributed by atoms with Crippen molar-refractivity contribution in [3.05, 3.63) is 106 Å². The predicted octanol–water partition coefficient (Wildman–Crippen LogP) is 6.93. The zero-order chi connectivity index (χ0) is 26.3. The molecular formula is C28H25Cl2N5OS. The van der Waals surface area contributed by atoms with Crippen molar-refractivity contribution in [1.29, 1.82) is 0 Å². The third-order valence-electron chi connectivity index (χ3n) is 6.50. The Morgan fingerprint density at radius 2 is 1.81 bits per heavy atom. The lowest BCUT2D eigenvalue weighted by atomic mass is 9.96. The molecule has 0 spiro atoms. The lowest BCUT2D eigenvalue weighted by molar-refractivity contribution is -0.114. The zero-order valence-corrected chi connectivity index (χ0v) is 22.8. The molecule has 2 atom stereocenters. The van der Waals surface area contributed by atoms with Gasteiger partial charge in [0.05, 0.1) is 28.5 Å². The Labute approximate surface area is 231 Å². The van der Waals surface area contributed by atoms with Crippen molar-refractivity contribution in [3.63, 3.8) is 0 Å². The topological polar surface area (TPSA) is 62.2 Å². The van der Waals surface area contributed by atoms with Gasteiger partial charge in [-0.1, -0.05) is 29.3 Å². The standard InChI is InChI=1S/C28H25Cl2N5OS/c1-16-14-22(17(2)34(16)25-12-7-19(29)15-23(25)30)27-26(24-6-4-5-13-31-24)33-28(37)35(27)21-10-8-20(9-11-21)32-18(3)36/h4-15,26-27H,1-3H3,(H,32,36)(H,33,37)/t26-,27+/m0/s1. The normalized spacial score (nSPS) is 17.1. The van der Waals surface area contributed by atoms with E-state index in [1.54, 1.807) is 12.3 Å². The van der Waals surface area contributed by atoms with E-state index in [-0.39, 0.29) is 18.0 Å². The average molecular weight is 551 g/mol. The highest BCUT2D eigenvalue weighted by molar-refractivity contribution is 7.80. The van der Waals surface area contributed by atoms with Crippen molar-refractivity contribution in [2.45, 2.75) is 32.9 Å². The Balaban J connectivity index is 1.64. The molecular weight excluding hydrogens is 525 g/mol. The van der Waals surface area contributed by atoms with Gasteiger partial charge < -0.3 is 20.1 Å². The van der Waals surface area contributed by atoms with Crippen LogP contribution in [0.2, 0.25) is 10.0 Å². The van der Waals surface area contributed by atoms with E-state index in [0.29, 0.717) is 15.2 Å². The molecule has 1 amide bonds. The molecule has 2 aromatic heterocycles. The summed E-state index contributed by atoms with van der Waals surface area (Å²) in [6.45, 7) is 5.64. The fraction of sp³-hybridized carbons (Fsp3) is 0.179. The number of hydrogen-bond donors (Lipinski definition) is 2. The first-order valence-corrected chi connectivity index (χ1v) is 12.9. The maximum atomic E-state index is 11.5. The third-order valence-corrected chi connectivity index (χ3v) is 7.36. The lowest BCUT2D eigenvalue weighted by Gasteiger charge is -2.28. The van der Waals surface area contributed by atoms with E-state index in [1.807, 2.05) is 54.6 Å². The maximum absolute atomic E-state index is 11.5. The summed E-state index contributed by atoms with van der Waals surface area (Å²) >= 11 is 18.6. The van der Waals surface area contributed by atoms with Gasteiger partial charge in [0.15, 0.2) is 5.11 Å². The maximum Gasteiger partial charge on any atom is 0.221 e. The van der Waals surface area contributed by atoms with Gasteiger partial charge >= 0.3 is 0 Å². The summed E-state index contributed by atoms with van der Waals surface area (Å²) in [6, 6.07) is 20.9. The molecule has 5 rings (SSSR count). The van der Waals surface area contributed by atoms with Crippen LogP contribution in [0.15, 0.2) is 72.9 Å². The van der Waals surface area contributed by atoms with Crippen molar-refractivity contribution in [1.82, 2.24) is 14.9 Å². The number of carbonyl (C=O) groups is 1. The minimum Gasteiger partial charge on any atom is -0.351 e. The number of pyridine rings is 1. The molecule has 0 saturated carbocycles. The van der Waals surface area contributed by atoms with Gasteiger partial charge in [-0.2, -0.15) is 0 Å². The molecule has 0 bridgehead atoms. The van der Waals surface area contributed by atoms with Gasteiger partial charge in [0, 0.05) is 40.9 Å². The van der Waals surface area contributed by atoms with Crippen LogP contribution in [-0.2, 0) is 4.79 Å². The molecule has 0 aliphatic carbocycles. The SMILES string of the molecule is CC(=O)Nc1ccc(N2C(=S)N[C@@H](c3ccccn3)[C@H]2c2cc(C)n(-c3ccc(Cl)cc3Cl)c2C)cc1. The third kappa shape index (κ3) is 4.82. The highest BCUT2D eigenvalue weighted by Gasteiger charge is 2.42. The minimum atomic E-state index is -0.182. The van der Waals surface area contributed by atoms with Crippen LogP contribution < -0.4 is 15.5 Å². The van der Waals surface area contributed by atoms with Crippen LogP contribution in [0, 0.1) is 13.8 Å². The molecule has 188 valence electrons. The van der Waals surface area contributed by atoms with Gasteiger partial charge in [0.25, 0.3) is 0 Å². The molecule has 1 fully saturated rings. The van der Waals surface area contributed by atoms with Crippen LogP contribution in [0.4, 0.5) is 11.4 Å². The summed E-state index contributed by atoms with van der Waals surface area (Å²) in [6.07, 6.45) is 1.79. The van der Waals surface area contributed by atoms with Crippen LogP contribution in [0.1, 0.15) is 41.7 Å². The molecule has 2 N–H and O–H groups in total. The van der Waals surface area contributed by atoms with E-state index < -0.39 is 0 Å². The highest BCUT2D eigenvalue weighted by Crippen LogP contribution is 2.44. The van der Waals surface area contributed by atoms with Crippen LogP contribution in [0.3, 0.4) is 0 Å². The zero-order valence-electron chi connectivity index (χ0n) is 20.5. The number of carbonyl (C=O) groups excluding carboxylic acids is 1. The molecule has 1 aliphatic heterocycles. The number of amides is 1. The first-order chi connectivity index (χ1) is 17.7. The van der Waals surface area contributed by atoms with Gasteiger partial charge in [-0.3, -0.25) is 9.78 Å². The van der Waals surface area contributed by atoms with Gasteiger partial charge in [-0.25, -0.2) is 0 Å². The van der Waals surface area contributed by atoms with E-state index in [0.717, 1.165) is 39.7 Å². The van der Waals surface area contributed by atoms with Gasteiger partial charge in [-0.15, -0.1) is 0 Å². The smallest absolute Gasteiger partial charge is 0.221 e. The number of nitrogens with one attached hydrogen (secondary N) is 2. The van der Waals surface area contributed by atoms with E-state index >= 15 is 0 Å². The number of hydrogen-bond acceptors (Lipinski definition) is 3. The summed E-state index contributed by atoms with van der Waals surface area (Å²) in [5.74, 6) is -0.118. The monoisotopic (exact) mass is 549 g/mol. The number of anilines is 2. The van der Waals surface area contributed by atoms with Crippen LogP contribution >= 0.6 is 35.4 Å². The highest BCUT2D eigenvalue weighted by atomic mass is 35.5. The van der Waals surface area contributed by atoms with E-state index in [4.69, 9.17) is 35.4 Å². The molecule has 1 aliphatic rings. The van der Waals surface area contributed by atoms with Crippen molar-refractivity contribution >= 4 is 57.8 Å². The second-order valence-corrected chi connectivity index (χ2v) is 10.2. The second-order valence-electron chi connectivity index (χ2n) is 8.98. The van der Waals surface area contributed by atoms with E-state index in [2.05, 4.69) is 45.0 Å². The molecule has 1 saturated heterocycles. The van der Waals surface area contributed by atoms with Gasteiger partial charge in [0.1, 0.15) is 0 Å². The van der Waals surface area contributed by atoms with Crippen LogP contribution in [-0.4, -0.2) is 20.6 Å². The second kappa shape index (κ2) is 10.2. The fourth-order valence-corrected chi connectivity index (χ4v) is 5.82. The average Bonchev–Trinajstić information content (AvgIpc) is 3.35. The Kier molecular flexibility index (Phi) is 6.94. The van der Waals surface area contributed by atoms with Crippen LogP contribution in [0.5, 0.6) is 0 Å². The van der Waals surface area contributed by atoms with E-state index in [9.17, 15) is 4.79 Å². The minimum absolute atomic E-state index is 0.118. The van der Waals surface area contributed by atoms with Crippen molar-refractivity contribution in [2.24, 2.45) is 0 Å². The molecule has 3 heterocycles. The Morgan fingerprint density at radius 1 is 1.05 bits per heavy atom. The predicted molar refractivity (Wildman–Crippen MR) is 154 cm³/mol. The number of nitrogens with zero attached hydrogens (tertiary/aromatic N) is 3. The number of thiocarbonyl (C=S) groups is 1. The van der Waals surface area contributed by atoms with Crippen molar-refractivity contribution in [2.75, 3.05) is 10.2 Å². The van der Waals surface area contributed by atoms with Gasteiger partial charge in [0.2, 0.25) is 5.91 Å². The van der Waals surface area contributed by atoms with Crippen molar-refractivity contribution < 1.29 is 4.79 Å². The summed E-state index contributed by atoms with van der Waals surface area (Å²) in [5, 5.41) is 8.08. The summed E-state index contributed by atoms with van der Waals surface area (Å²) in [7, 11) is 0. The first-order valence-electron chi connectivity index (χ1n) is 11.8. The quantitative estimate of drug-likeness (QED) is 0.264. The summed E-state index contributed by atoms with van der Waals surface area (Å²) in [5.41, 5.74) is 6.56. The molecule has 2 aromatic carbocycles. The summed E-state index contributed by atoms with van der Waals surface area (Å²) in [4.78, 5) is 18.3. The fourth-order valence-electron chi connectivity index (χ4n) is 4.98. The number of benzene rings is 2. The molecule has 4 aromatic rings. The Morgan fingerprint density at radius 3 is 2.46 bits per heavy atom.